The minimum absolute atomic E-state index is 0.0360. The average Bonchev–Trinajstić information content (AvgIpc) is 2.19. The highest BCUT2D eigenvalue weighted by Gasteiger charge is 2.04. The van der Waals surface area contributed by atoms with E-state index in [4.69, 9.17) is 5.84 Å². The number of nitro benzene ring substituents is 1. The fourth-order valence-electron chi connectivity index (χ4n) is 0.791. The second-order valence-electron chi connectivity index (χ2n) is 2.26. The Bertz CT molecular complexity index is 387. The normalized spacial score (nSPS) is 11.1. The number of hydrogen-bond donors (Lipinski definition) is 1. The highest BCUT2D eigenvalue weighted by molar-refractivity contribution is 5.55. The summed E-state index contributed by atoms with van der Waals surface area (Å²) in [6.07, 6.45) is 1.04. The minimum Gasteiger partial charge on any atom is -0.322 e. The summed E-state index contributed by atoms with van der Waals surface area (Å²) in [6.45, 7) is 0. The summed E-state index contributed by atoms with van der Waals surface area (Å²) >= 11 is 0. The summed E-state index contributed by atoms with van der Waals surface area (Å²) < 4.78 is 0. The van der Waals surface area contributed by atoms with Crippen molar-refractivity contribution in [3.8, 4) is 0 Å². The molecule has 0 atom stereocenters. The number of nitrogens with two attached hydrogens (primary N) is 1. The molecule has 0 radical (unpaired) electrons. The Labute approximate surface area is 79.1 Å². The van der Waals surface area contributed by atoms with E-state index in [9.17, 15) is 10.1 Å². The summed E-state index contributed by atoms with van der Waals surface area (Å²) in [5.41, 5.74) is 0.338. The van der Waals surface area contributed by atoms with Gasteiger partial charge in [-0.2, -0.15) is 5.10 Å². The first kappa shape index (κ1) is 9.78. The van der Waals surface area contributed by atoms with Crippen LogP contribution >= 0.6 is 0 Å². The molecule has 0 saturated heterocycles. The third kappa shape index (κ3) is 2.63. The number of azo groups is 1. The Morgan fingerprint density at radius 1 is 1.50 bits per heavy atom. The minimum atomic E-state index is -0.504. The van der Waals surface area contributed by atoms with Crippen LogP contribution in [0.4, 0.5) is 11.4 Å². The van der Waals surface area contributed by atoms with Crippen molar-refractivity contribution in [3.63, 3.8) is 0 Å². The smallest absolute Gasteiger partial charge is 0.271 e. The van der Waals surface area contributed by atoms with Crippen molar-refractivity contribution in [1.82, 2.24) is 0 Å². The molecule has 7 heteroatoms. The van der Waals surface area contributed by atoms with Crippen LogP contribution in [0.2, 0.25) is 0 Å². The lowest BCUT2D eigenvalue weighted by Gasteiger charge is -1.91. The zero-order chi connectivity index (χ0) is 10.4. The predicted molar refractivity (Wildman–Crippen MR) is 50.3 cm³/mol. The van der Waals surface area contributed by atoms with Crippen LogP contribution in [0.5, 0.6) is 0 Å². The van der Waals surface area contributed by atoms with Gasteiger partial charge in [-0.1, -0.05) is 6.07 Å². The molecule has 1 rings (SSSR count). The fraction of sp³-hybridized carbons (Fsp3) is 0. The first-order chi connectivity index (χ1) is 6.74. The van der Waals surface area contributed by atoms with Gasteiger partial charge in [-0.15, -0.1) is 10.2 Å². The van der Waals surface area contributed by atoms with Gasteiger partial charge in [0.2, 0.25) is 0 Å². The molecule has 0 aliphatic heterocycles. The number of benzene rings is 1. The van der Waals surface area contributed by atoms with E-state index in [0.29, 0.717) is 5.69 Å². The van der Waals surface area contributed by atoms with Gasteiger partial charge in [0.25, 0.3) is 5.69 Å². The van der Waals surface area contributed by atoms with E-state index in [1.165, 1.54) is 18.2 Å². The zero-order valence-corrected chi connectivity index (χ0v) is 7.07. The van der Waals surface area contributed by atoms with Gasteiger partial charge < -0.3 is 5.84 Å². The lowest BCUT2D eigenvalue weighted by Crippen LogP contribution is -1.85. The molecule has 14 heavy (non-hydrogen) atoms. The molecule has 0 bridgehead atoms. The third-order valence-corrected chi connectivity index (χ3v) is 1.33. The number of rotatable bonds is 3. The van der Waals surface area contributed by atoms with Crippen LogP contribution in [0.3, 0.4) is 0 Å². The van der Waals surface area contributed by atoms with Gasteiger partial charge in [0.05, 0.1) is 10.6 Å². The Morgan fingerprint density at radius 3 is 2.93 bits per heavy atom. The molecule has 2 N–H and O–H groups in total. The summed E-state index contributed by atoms with van der Waals surface area (Å²) in [5, 5.41) is 20.5. The lowest BCUT2D eigenvalue weighted by molar-refractivity contribution is -0.384. The van der Waals surface area contributed by atoms with Crippen LogP contribution in [0.1, 0.15) is 0 Å². The summed E-state index contributed by atoms with van der Waals surface area (Å²) in [4.78, 5) is 9.87. The molecule has 0 spiro atoms. The highest BCUT2D eigenvalue weighted by Crippen LogP contribution is 2.19. The lowest BCUT2D eigenvalue weighted by atomic mass is 10.3. The molecule has 0 amide bonds. The van der Waals surface area contributed by atoms with E-state index in [0.717, 1.165) is 6.34 Å². The van der Waals surface area contributed by atoms with E-state index in [1.807, 2.05) is 0 Å². The molecule has 0 aliphatic rings. The van der Waals surface area contributed by atoms with E-state index in [2.05, 4.69) is 15.3 Å². The number of non-ortho nitro benzene ring substituents is 1. The maximum Gasteiger partial charge on any atom is 0.271 e. The maximum atomic E-state index is 10.4. The second-order valence-corrected chi connectivity index (χ2v) is 2.26. The first-order valence-corrected chi connectivity index (χ1v) is 3.61. The van der Waals surface area contributed by atoms with Crippen LogP contribution in [-0.4, -0.2) is 11.3 Å². The molecule has 0 aromatic heterocycles. The van der Waals surface area contributed by atoms with Crippen LogP contribution in [0.25, 0.3) is 0 Å². The molecule has 72 valence electrons. The van der Waals surface area contributed by atoms with Gasteiger partial charge in [-0.3, -0.25) is 10.1 Å². The molecule has 1 aromatic carbocycles. The van der Waals surface area contributed by atoms with Crippen molar-refractivity contribution >= 4 is 17.7 Å². The van der Waals surface area contributed by atoms with Crippen LogP contribution in [0.15, 0.2) is 39.6 Å². The zero-order valence-electron chi connectivity index (χ0n) is 7.07. The van der Waals surface area contributed by atoms with Crippen molar-refractivity contribution in [1.29, 1.82) is 0 Å². The van der Waals surface area contributed by atoms with Gasteiger partial charge in [0, 0.05) is 12.1 Å². The molecule has 0 fully saturated rings. The van der Waals surface area contributed by atoms with Crippen molar-refractivity contribution in [2.75, 3.05) is 0 Å². The van der Waals surface area contributed by atoms with Crippen LogP contribution in [0, 0.1) is 10.1 Å². The molecule has 0 unspecified atom stereocenters. The molecule has 1 aromatic rings. The van der Waals surface area contributed by atoms with Gasteiger partial charge in [-0.25, -0.2) is 0 Å². The Balaban J connectivity index is 2.89. The molecule has 0 aliphatic carbocycles. The van der Waals surface area contributed by atoms with E-state index < -0.39 is 4.92 Å². The van der Waals surface area contributed by atoms with Gasteiger partial charge in [0.1, 0.15) is 0 Å². The summed E-state index contributed by atoms with van der Waals surface area (Å²) in [5.74, 6) is 4.78. The van der Waals surface area contributed by atoms with Crippen LogP contribution in [-0.2, 0) is 0 Å². The molecule has 0 heterocycles. The fourth-order valence-corrected chi connectivity index (χ4v) is 0.791. The van der Waals surface area contributed by atoms with E-state index in [1.54, 1.807) is 6.07 Å². The Morgan fingerprint density at radius 2 is 2.29 bits per heavy atom. The van der Waals surface area contributed by atoms with Gasteiger partial charge in [0.15, 0.2) is 6.34 Å². The van der Waals surface area contributed by atoms with Crippen molar-refractivity contribution in [2.45, 2.75) is 0 Å². The molecular formula is C7H7N5O2. The molecular weight excluding hydrogens is 186 g/mol. The Hall–Kier alpha value is -2.31. The quantitative estimate of drug-likeness (QED) is 0.196. The summed E-state index contributed by atoms with van der Waals surface area (Å²) in [7, 11) is 0. The van der Waals surface area contributed by atoms with Gasteiger partial charge >= 0.3 is 0 Å². The summed E-state index contributed by atoms with van der Waals surface area (Å²) in [6, 6.07) is 5.77. The number of hydrogen-bond acceptors (Lipinski definition) is 5. The SMILES string of the molecule is NN=CN=Nc1cccc([N+](=O)[O-])c1. The number of nitro groups is 1. The molecule has 0 saturated carbocycles. The van der Waals surface area contributed by atoms with Crippen molar-refractivity contribution in [3.05, 3.63) is 34.4 Å². The highest BCUT2D eigenvalue weighted by atomic mass is 16.6. The van der Waals surface area contributed by atoms with Crippen molar-refractivity contribution in [2.24, 2.45) is 21.2 Å². The van der Waals surface area contributed by atoms with E-state index in [-0.39, 0.29) is 5.69 Å². The monoisotopic (exact) mass is 193 g/mol. The standard InChI is InChI=1S/C7H7N5O2/c8-9-5-10-11-6-2-1-3-7(4-6)12(13)14/h1-5H,8H2. The Kier molecular flexibility index (Phi) is 3.25. The second kappa shape index (κ2) is 4.65. The van der Waals surface area contributed by atoms with E-state index >= 15 is 0 Å². The predicted octanol–water partition coefficient (Wildman–Crippen LogP) is 1.58. The number of nitrogens with zero attached hydrogens (tertiary/aromatic N) is 4. The van der Waals surface area contributed by atoms with Crippen molar-refractivity contribution < 1.29 is 4.92 Å². The van der Waals surface area contributed by atoms with Crippen LogP contribution < -0.4 is 5.84 Å². The molecule has 7 nitrogen and oxygen atoms in total. The average molecular weight is 193 g/mol. The number of hydrazone groups is 1. The van der Waals surface area contributed by atoms with Gasteiger partial charge in [-0.05, 0) is 6.07 Å². The maximum absolute atomic E-state index is 10.4. The third-order valence-electron chi connectivity index (χ3n) is 1.33. The first-order valence-electron chi connectivity index (χ1n) is 3.61. The topological polar surface area (TPSA) is 106 Å². The largest absolute Gasteiger partial charge is 0.322 e.